The van der Waals surface area contributed by atoms with E-state index in [4.69, 9.17) is 11.6 Å². The fourth-order valence-corrected chi connectivity index (χ4v) is 4.66. The number of hydrogen-bond acceptors (Lipinski definition) is 9. The van der Waals surface area contributed by atoms with Crippen LogP contribution in [0.25, 0.3) is 0 Å². The Hall–Kier alpha value is -3.20. The molecule has 0 radical (unpaired) electrons. The molecule has 1 heterocycles. The molecule has 0 aliphatic carbocycles. The van der Waals surface area contributed by atoms with Gasteiger partial charge in [-0.05, 0) is 51.7 Å². The van der Waals surface area contributed by atoms with Gasteiger partial charge in [0.15, 0.2) is 5.82 Å². The standard InChI is InChI=1S/C23H29ClN7O3P/c1-29(2)12-13-30(3)19-11-10-16(14-20(19)31(32)33)26-23-25-15-17(24)22(28-23)27-18-8-6-7-9-21(18)35(4,5)34/h6-11,14-15H,12-13H2,1-5H3,(H2,25,26,27,28). The second-order valence-electron chi connectivity index (χ2n) is 8.69. The minimum atomic E-state index is -2.55. The molecule has 186 valence electrons. The zero-order valence-corrected chi connectivity index (χ0v) is 22.0. The largest absolute Gasteiger partial charge is 0.368 e. The number of nitrogens with one attached hydrogen (secondary N) is 2. The van der Waals surface area contributed by atoms with Gasteiger partial charge >= 0.3 is 0 Å². The summed E-state index contributed by atoms with van der Waals surface area (Å²) < 4.78 is 12.7. The number of halogens is 1. The number of nitro groups is 1. The van der Waals surface area contributed by atoms with Crippen LogP contribution in [0.4, 0.5) is 34.5 Å². The van der Waals surface area contributed by atoms with E-state index in [9.17, 15) is 14.7 Å². The van der Waals surface area contributed by atoms with Gasteiger partial charge < -0.3 is 25.0 Å². The highest BCUT2D eigenvalue weighted by Gasteiger charge is 2.20. The molecule has 3 aromatic rings. The van der Waals surface area contributed by atoms with E-state index >= 15 is 0 Å². The van der Waals surface area contributed by atoms with Crippen molar-refractivity contribution in [2.75, 3.05) is 63.1 Å². The smallest absolute Gasteiger partial charge is 0.294 e. The molecule has 12 heteroatoms. The Morgan fingerprint density at radius 2 is 1.80 bits per heavy atom. The number of likely N-dealkylation sites (N-methyl/N-ethyl adjacent to an activating group) is 2. The topological polar surface area (TPSA) is 117 Å². The second kappa shape index (κ2) is 11.0. The summed E-state index contributed by atoms with van der Waals surface area (Å²) in [6.07, 6.45) is 1.43. The second-order valence-corrected chi connectivity index (χ2v) is 12.3. The van der Waals surface area contributed by atoms with Crippen LogP contribution in [0.2, 0.25) is 5.02 Å². The minimum absolute atomic E-state index is 0.0286. The van der Waals surface area contributed by atoms with Crippen molar-refractivity contribution in [2.24, 2.45) is 0 Å². The van der Waals surface area contributed by atoms with Gasteiger partial charge in [-0.15, -0.1) is 0 Å². The maximum Gasteiger partial charge on any atom is 0.294 e. The van der Waals surface area contributed by atoms with Gasteiger partial charge in [0.2, 0.25) is 5.95 Å². The average Bonchev–Trinajstić information content (AvgIpc) is 2.79. The lowest BCUT2D eigenvalue weighted by Crippen LogP contribution is -2.28. The van der Waals surface area contributed by atoms with Gasteiger partial charge in [-0.1, -0.05) is 23.7 Å². The number of hydrogen-bond donors (Lipinski definition) is 2. The van der Waals surface area contributed by atoms with Gasteiger partial charge in [-0.2, -0.15) is 4.98 Å². The first kappa shape index (κ1) is 26.4. The Bertz CT molecular complexity index is 1270. The molecular formula is C23H29ClN7O3P. The summed E-state index contributed by atoms with van der Waals surface area (Å²) in [5.74, 6) is 0.521. The third-order valence-electron chi connectivity index (χ3n) is 5.20. The predicted octanol–water partition coefficient (Wildman–Crippen LogP) is 4.77. The summed E-state index contributed by atoms with van der Waals surface area (Å²) in [5, 5.41) is 18.8. The molecule has 0 spiro atoms. The first-order chi connectivity index (χ1) is 16.5. The Morgan fingerprint density at radius 3 is 2.46 bits per heavy atom. The number of aromatic nitrogens is 2. The molecule has 0 aliphatic heterocycles. The highest BCUT2D eigenvalue weighted by atomic mass is 35.5. The van der Waals surface area contributed by atoms with E-state index in [-0.39, 0.29) is 16.7 Å². The summed E-state index contributed by atoms with van der Waals surface area (Å²) in [7, 11) is 3.17. The molecule has 0 fully saturated rings. The van der Waals surface area contributed by atoms with E-state index in [1.54, 1.807) is 37.6 Å². The minimum Gasteiger partial charge on any atom is -0.368 e. The number of rotatable bonds is 10. The normalized spacial score (nSPS) is 11.4. The summed E-state index contributed by atoms with van der Waals surface area (Å²) in [6, 6.07) is 12.1. The van der Waals surface area contributed by atoms with Crippen molar-refractivity contribution in [1.82, 2.24) is 14.9 Å². The van der Waals surface area contributed by atoms with Gasteiger partial charge in [-0.3, -0.25) is 10.1 Å². The summed E-state index contributed by atoms with van der Waals surface area (Å²) in [6.45, 7) is 4.78. The fourth-order valence-electron chi connectivity index (χ4n) is 3.36. The molecule has 2 aromatic carbocycles. The number of para-hydroxylation sites is 1. The van der Waals surface area contributed by atoms with E-state index in [0.717, 1.165) is 6.54 Å². The molecule has 0 amide bonds. The predicted molar refractivity (Wildman–Crippen MR) is 144 cm³/mol. The zero-order valence-electron chi connectivity index (χ0n) is 20.3. The molecule has 3 rings (SSSR count). The Kier molecular flexibility index (Phi) is 8.32. The van der Waals surface area contributed by atoms with Crippen LogP contribution in [0.15, 0.2) is 48.7 Å². The Morgan fingerprint density at radius 1 is 1.09 bits per heavy atom. The number of benzene rings is 2. The summed E-state index contributed by atoms with van der Waals surface area (Å²) in [5.41, 5.74) is 1.58. The molecule has 35 heavy (non-hydrogen) atoms. The molecule has 1 aromatic heterocycles. The van der Waals surface area contributed by atoms with Crippen LogP contribution >= 0.6 is 18.7 Å². The molecule has 10 nitrogen and oxygen atoms in total. The van der Waals surface area contributed by atoms with Crippen molar-refractivity contribution >= 4 is 58.6 Å². The van der Waals surface area contributed by atoms with Gasteiger partial charge in [0.25, 0.3) is 5.69 Å². The summed E-state index contributed by atoms with van der Waals surface area (Å²) in [4.78, 5) is 23.8. The van der Waals surface area contributed by atoms with E-state index in [0.29, 0.717) is 34.7 Å². The maximum atomic E-state index is 12.7. The van der Waals surface area contributed by atoms with Crippen molar-refractivity contribution in [2.45, 2.75) is 0 Å². The number of nitro benzene ring substituents is 1. The first-order valence-corrected chi connectivity index (χ1v) is 13.8. The zero-order chi connectivity index (χ0) is 25.8. The summed E-state index contributed by atoms with van der Waals surface area (Å²) >= 11 is 6.31. The number of anilines is 5. The van der Waals surface area contributed by atoms with Gasteiger partial charge in [0.1, 0.15) is 17.9 Å². The highest BCUT2D eigenvalue weighted by Crippen LogP contribution is 2.39. The van der Waals surface area contributed by atoms with Gasteiger partial charge in [0, 0.05) is 37.2 Å². The Labute approximate surface area is 209 Å². The van der Waals surface area contributed by atoms with Crippen molar-refractivity contribution in [3.63, 3.8) is 0 Å². The van der Waals surface area contributed by atoms with Crippen LogP contribution < -0.4 is 20.8 Å². The van der Waals surface area contributed by atoms with E-state index < -0.39 is 12.1 Å². The Balaban J connectivity index is 1.87. The fraction of sp³-hybridized carbons (Fsp3) is 0.304. The average molecular weight is 518 g/mol. The van der Waals surface area contributed by atoms with Crippen LogP contribution in [0.1, 0.15) is 0 Å². The SMILES string of the molecule is CN(C)CCN(C)c1ccc(Nc2ncc(Cl)c(Nc3ccccc3P(C)(C)=O)n2)cc1[N+](=O)[O-]. The van der Waals surface area contributed by atoms with Crippen LogP contribution in [0, 0.1) is 10.1 Å². The van der Waals surface area contributed by atoms with E-state index in [2.05, 4.69) is 20.6 Å². The number of nitrogens with zero attached hydrogens (tertiary/aromatic N) is 5. The lowest BCUT2D eigenvalue weighted by Gasteiger charge is -2.21. The third kappa shape index (κ3) is 6.91. The van der Waals surface area contributed by atoms with Crippen LogP contribution in [0.3, 0.4) is 0 Å². The van der Waals surface area contributed by atoms with E-state index in [1.165, 1.54) is 12.3 Å². The van der Waals surface area contributed by atoms with Crippen LogP contribution in [-0.4, -0.2) is 67.4 Å². The van der Waals surface area contributed by atoms with Gasteiger partial charge in [0.05, 0.1) is 16.8 Å². The van der Waals surface area contributed by atoms with Crippen LogP contribution in [0.5, 0.6) is 0 Å². The maximum absolute atomic E-state index is 12.7. The molecule has 0 unspecified atom stereocenters. The van der Waals surface area contributed by atoms with Crippen molar-refractivity contribution in [1.29, 1.82) is 0 Å². The van der Waals surface area contributed by atoms with Crippen molar-refractivity contribution in [3.05, 3.63) is 63.8 Å². The van der Waals surface area contributed by atoms with Crippen molar-refractivity contribution < 1.29 is 9.49 Å². The molecule has 0 atom stereocenters. The van der Waals surface area contributed by atoms with Crippen LogP contribution in [-0.2, 0) is 4.57 Å². The first-order valence-electron chi connectivity index (χ1n) is 10.8. The molecule has 0 bridgehead atoms. The molecule has 2 N–H and O–H groups in total. The quantitative estimate of drug-likeness (QED) is 0.223. The van der Waals surface area contributed by atoms with Crippen molar-refractivity contribution in [3.8, 4) is 0 Å². The molecule has 0 saturated carbocycles. The lowest BCUT2D eigenvalue weighted by atomic mass is 10.2. The monoisotopic (exact) mass is 517 g/mol. The third-order valence-corrected chi connectivity index (χ3v) is 7.03. The lowest BCUT2D eigenvalue weighted by molar-refractivity contribution is -0.384. The molecule has 0 aliphatic rings. The van der Waals surface area contributed by atoms with Gasteiger partial charge in [-0.25, -0.2) is 4.98 Å². The molecule has 0 saturated heterocycles. The van der Waals surface area contributed by atoms with E-state index in [1.807, 2.05) is 43.1 Å². The highest BCUT2D eigenvalue weighted by molar-refractivity contribution is 7.70. The molecular weight excluding hydrogens is 489 g/mol.